The van der Waals surface area contributed by atoms with Crippen LogP contribution in [0.1, 0.15) is 23.6 Å². The number of amides is 1. The lowest BCUT2D eigenvalue weighted by molar-refractivity contribution is -0.885. The Bertz CT molecular complexity index is 809. The average molecular weight is 364 g/mol. The van der Waals surface area contributed by atoms with Gasteiger partial charge in [0.1, 0.15) is 17.9 Å². The lowest BCUT2D eigenvalue weighted by atomic mass is 10.2. The second-order valence-electron chi connectivity index (χ2n) is 5.99. The van der Waals surface area contributed by atoms with E-state index in [-0.39, 0.29) is 11.9 Å². The van der Waals surface area contributed by atoms with Crippen molar-refractivity contribution in [3.63, 3.8) is 0 Å². The molecule has 4 nitrogen and oxygen atoms in total. The molecule has 1 aromatic carbocycles. The molecular formula is C18H20ClN2O2S+. The van der Waals surface area contributed by atoms with Crippen LogP contribution in [-0.2, 0) is 11.3 Å². The van der Waals surface area contributed by atoms with E-state index in [2.05, 4.69) is 5.32 Å². The number of quaternary nitrogens is 1. The zero-order chi connectivity index (χ0) is 17.1. The monoisotopic (exact) mass is 363 g/mol. The van der Waals surface area contributed by atoms with Gasteiger partial charge in [-0.3, -0.25) is 4.79 Å². The molecule has 1 unspecified atom stereocenters. The Morgan fingerprint density at radius 2 is 2.12 bits per heavy atom. The molecule has 24 heavy (non-hydrogen) atoms. The molecule has 0 aliphatic carbocycles. The summed E-state index contributed by atoms with van der Waals surface area (Å²) in [5.74, 6) is 0.773. The summed E-state index contributed by atoms with van der Waals surface area (Å²) < 4.78 is 6.58. The molecule has 2 heterocycles. The molecule has 0 saturated carbocycles. The maximum Gasteiger partial charge on any atom is 0.275 e. The van der Waals surface area contributed by atoms with Crippen molar-refractivity contribution in [3.8, 4) is 0 Å². The average Bonchev–Trinajstić information content (AvgIpc) is 3.12. The Morgan fingerprint density at radius 1 is 1.33 bits per heavy atom. The molecule has 3 rings (SSSR count). The molecule has 2 N–H and O–H groups in total. The van der Waals surface area contributed by atoms with Crippen molar-refractivity contribution in [2.75, 3.05) is 13.6 Å². The van der Waals surface area contributed by atoms with E-state index in [1.54, 1.807) is 11.3 Å². The van der Waals surface area contributed by atoms with E-state index in [1.165, 1.54) is 4.88 Å². The van der Waals surface area contributed by atoms with Crippen molar-refractivity contribution >= 4 is 39.8 Å². The van der Waals surface area contributed by atoms with Crippen LogP contribution in [-0.4, -0.2) is 19.5 Å². The minimum atomic E-state index is -0.158. The molecular weight excluding hydrogens is 344 g/mol. The molecule has 0 fully saturated rings. The molecule has 0 bridgehead atoms. The summed E-state index contributed by atoms with van der Waals surface area (Å²) in [5.41, 5.74) is 0.839. The molecule has 1 amide bonds. The number of carbonyl (C=O) groups is 1. The van der Waals surface area contributed by atoms with Crippen molar-refractivity contribution in [3.05, 3.63) is 57.4 Å². The van der Waals surface area contributed by atoms with Crippen LogP contribution in [0.5, 0.6) is 0 Å². The maximum absolute atomic E-state index is 12.3. The van der Waals surface area contributed by atoms with Crippen LogP contribution in [0.15, 0.2) is 46.9 Å². The third kappa shape index (κ3) is 4.17. The molecule has 6 heteroatoms. The van der Waals surface area contributed by atoms with Gasteiger partial charge in [0, 0.05) is 5.39 Å². The van der Waals surface area contributed by atoms with Gasteiger partial charge in [0.25, 0.3) is 5.91 Å². The molecule has 0 spiro atoms. The van der Waals surface area contributed by atoms with Gasteiger partial charge in [0.05, 0.1) is 22.3 Å². The van der Waals surface area contributed by atoms with Gasteiger partial charge in [-0.1, -0.05) is 29.8 Å². The number of benzene rings is 1. The Kier molecular flexibility index (Phi) is 5.23. The quantitative estimate of drug-likeness (QED) is 0.707. The van der Waals surface area contributed by atoms with E-state index >= 15 is 0 Å². The predicted octanol–water partition coefficient (Wildman–Crippen LogP) is 3.04. The molecule has 2 atom stereocenters. The molecule has 126 valence electrons. The first-order chi connectivity index (χ1) is 11.5. The number of fused-ring (bicyclic) bond motifs is 1. The summed E-state index contributed by atoms with van der Waals surface area (Å²) in [5, 5.41) is 4.05. The van der Waals surface area contributed by atoms with E-state index in [9.17, 15) is 4.79 Å². The van der Waals surface area contributed by atoms with E-state index in [1.807, 2.05) is 56.4 Å². The highest BCUT2D eigenvalue weighted by Crippen LogP contribution is 2.23. The highest BCUT2D eigenvalue weighted by Gasteiger charge is 2.17. The lowest BCUT2D eigenvalue weighted by Crippen LogP contribution is -3.08. The summed E-state index contributed by atoms with van der Waals surface area (Å²) in [7, 11) is 2.00. The van der Waals surface area contributed by atoms with Gasteiger partial charge in [-0.05, 0) is 31.2 Å². The van der Waals surface area contributed by atoms with Gasteiger partial charge in [0.2, 0.25) is 0 Å². The van der Waals surface area contributed by atoms with Crippen LogP contribution in [0.4, 0.5) is 0 Å². The van der Waals surface area contributed by atoms with Crippen LogP contribution >= 0.6 is 22.9 Å². The third-order valence-electron chi connectivity index (χ3n) is 3.82. The number of hydrogen-bond acceptors (Lipinski definition) is 3. The zero-order valence-electron chi connectivity index (χ0n) is 13.6. The van der Waals surface area contributed by atoms with Gasteiger partial charge in [0.15, 0.2) is 6.54 Å². The topological polar surface area (TPSA) is 46.7 Å². The maximum atomic E-state index is 12.3. The summed E-state index contributed by atoms with van der Waals surface area (Å²) in [6.45, 7) is 3.12. The largest absolute Gasteiger partial charge is 0.459 e. The molecule has 0 radical (unpaired) electrons. The Morgan fingerprint density at radius 3 is 2.83 bits per heavy atom. The summed E-state index contributed by atoms with van der Waals surface area (Å²) >= 11 is 7.49. The lowest BCUT2D eigenvalue weighted by Gasteiger charge is -2.15. The Balaban J connectivity index is 1.55. The predicted molar refractivity (Wildman–Crippen MR) is 97.6 cm³/mol. The number of likely N-dealkylation sites (N-methyl/N-ethyl adjacent to an activating group) is 1. The second-order valence-corrected chi connectivity index (χ2v) is 7.79. The Labute approximate surface area is 150 Å². The number of hydrogen-bond donors (Lipinski definition) is 2. The SMILES string of the molecule is C[C@@H](NC(=O)C[NH+](C)Cc1ccc(Cl)s1)c1cc2ccccc2o1. The van der Waals surface area contributed by atoms with Crippen molar-refractivity contribution in [2.24, 2.45) is 0 Å². The molecule has 2 aromatic heterocycles. The number of para-hydroxylation sites is 1. The molecule has 0 saturated heterocycles. The van der Waals surface area contributed by atoms with Crippen molar-refractivity contribution < 1.29 is 14.1 Å². The zero-order valence-corrected chi connectivity index (χ0v) is 15.2. The summed E-state index contributed by atoms with van der Waals surface area (Å²) in [6, 6.07) is 13.6. The van der Waals surface area contributed by atoms with E-state index < -0.39 is 0 Å². The van der Waals surface area contributed by atoms with Gasteiger partial charge in [-0.25, -0.2) is 0 Å². The minimum Gasteiger partial charge on any atom is -0.459 e. The number of thiophene rings is 1. The first-order valence-corrected chi connectivity index (χ1v) is 9.04. The number of halogens is 1. The normalized spacial score (nSPS) is 13.8. The fourth-order valence-electron chi connectivity index (χ4n) is 2.66. The smallest absolute Gasteiger partial charge is 0.275 e. The van der Waals surface area contributed by atoms with Gasteiger partial charge in [-0.2, -0.15) is 0 Å². The molecule has 0 aliphatic rings. The van der Waals surface area contributed by atoms with E-state index in [4.69, 9.17) is 16.0 Å². The fraction of sp³-hybridized carbons (Fsp3) is 0.278. The van der Waals surface area contributed by atoms with Crippen LogP contribution in [0.2, 0.25) is 4.34 Å². The summed E-state index contributed by atoms with van der Waals surface area (Å²) in [4.78, 5) is 14.5. The highest BCUT2D eigenvalue weighted by molar-refractivity contribution is 7.16. The first-order valence-electron chi connectivity index (χ1n) is 7.84. The number of carbonyl (C=O) groups excluding carboxylic acids is 1. The van der Waals surface area contributed by atoms with Gasteiger partial charge in [-0.15, -0.1) is 11.3 Å². The van der Waals surface area contributed by atoms with E-state index in [0.29, 0.717) is 6.54 Å². The first kappa shape index (κ1) is 17.0. The van der Waals surface area contributed by atoms with Gasteiger partial charge >= 0.3 is 0 Å². The van der Waals surface area contributed by atoms with Crippen molar-refractivity contribution in [1.29, 1.82) is 0 Å². The molecule has 0 aliphatic heterocycles. The van der Waals surface area contributed by atoms with Gasteiger partial charge < -0.3 is 14.6 Å². The van der Waals surface area contributed by atoms with Crippen LogP contribution < -0.4 is 10.2 Å². The standard InChI is InChI=1S/C18H19ClN2O2S/c1-12(16-9-13-5-3-4-6-15(13)23-16)20-18(22)11-21(2)10-14-7-8-17(19)24-14/h3-9,12H,10-11H2,1-2H3,(H,20,22)/p+1/t12-/m1/s1. The highest BCUT2D eigenvalue weighted by atomic mass is 35.5. The number of rotatable bonds is 6. The number of furan rings is 1. The van der Waals surface area contributed by atoms with Crippen molar-refractivity contribution in [2.45, 2.75) is 19.5 Å². The fourth-order valence-corrected chi connectivity index (χ4v) is 3.86. The minimum absolute atomic E-state index is 0.00288. The number of nitrogens with one attached hydrogen (secondary N) is 2. The summed E-state index contributed by atoms with van der Waals surface area (Å²) in [6.07, 6.45) is 0. The van der Waals surface area contributed by atoms with Crippen LogP contribution in [0.25, 0.3) is 11.0 Å². The Hall–Kier alpha value is -1.82. The van der Waals surface area contributed by atoms with Crippen LogP contribution in [0, 0.1) is 0 Å². The van der Waals surface area contributed by atoms with E-state index in [0.717, 1.165) is 32.5 Å². The third-order valence-corrected chi connectivity index (χ3v) is 5.05. The van der Waals surface area contributed by atoms with Crippen molar-refractivity contribution in [1.82, 2.24) is 5.32 Å². The second kappa shape index (κ2) is 7.38. The molecule has 3 aromatic rings. The van der Waals surface area contributed by atoms with Crippen LogP contribution in [0.3, 0.4) is 0 Å².